The van der Waals surface area contributed by atoms with E-state index >= 15 is 0 Å². The second kappa shape index (κ2) is 4.94. The first kappa shape index (κ1) is 12.5. The molecule has 88 valence electrons. The van der Waals surface area contributed by atoms with Crippen molar-refractivity contribution in [1.82, 2.24) is 0 Å². The van der Waals surface area contributed by atoms with Crippen LogP contribution >= 0.6 is 0 Å². The van der Waals surface area contributed by atoms with Gasteiger partial charge in [-0.2, -0.15) is 0 Å². The molecule has 0 spiro atoms. The lowest BCUT2D eigenvalue weighted by atomic mass is 9.73. The van der Waals surface area contributed by atoms with Crippen LogP contribution in [-0.2, 0) is 14.3 Å². The highest BCUT2D eigenvalue weighted by Crippen LogP contribution is 2.38. The monoisotopic (exact) mass is 215 g/mol. The molecule has 0 aromatic carbocycles. The van der Waals surface area contributed by atoms with E-state index in [1.54, 1.807) is 0 Å². The minimum Gasteiger partial charge on any atom is -0.469 e. The molecule has 0 radical (unpaired) electrons. The normalized spacial score (nSPS) is 36.3. The standard InChI is InChI=1S/C11H21NO3/c1-8-4-11(7-12,5-9(2)15-8)6-10(13)14-3/h8-9H,4-7,12H2,1-3H3. The first-order chi connectivity index (χ1) is 7.01. The Hall–Kier alpha value is -0.610. The number of carbonyl (C=O) groups is 1. The van der Waals surface area contributed by atoms with Gasteiger partial charge in [-0.3, -0.25) is 4.79 Å². The topological polar surface area (TPSA) is 61.5 Å². The van der Waals surface area contributed by atoms with Crippen molar-refractivity contribution in [3.05, 3.63) is 0 Å². The van der Waals surface area contributed by atoms with Crippen LogP contribution in [0.5, 0.6) is 0 Å². The van der Waals surface area contributed by atoms with Crippen LogP contribution in [0, 0.1) is 5.41 Å². The van der Waals surface area contributed by atoms with E-state index in [-0.39, 0.29) is 23.6 Å². The zero-order valence-electron chi connectivity index (χ0n) is 9.79. The van der Waals surface area contributed by atoms with E-state index in [0.717, 1.165) is 12.8 Å². The molecule has 2 atom stereocenters. The third-order valence-electron chi connectivity index (χ3n) is 3.09. The summed E-state index contributed by atoms with van der Waals surface area (Å²) in [6, 6.07) is 0. The number of methoxy groups -OCH3 is 1. The largest absolute Gasteiger partial charge is 0.469 e. The van der Waals surface area contributed by atoms with E-state index in [2.05, 4.69) is 0 Å². The van der Waals surface area contributed by atoms with Crippen LogP contribution in [0.25, 0.3) is 0 Å². The van der Waals surface area contributed by atoms with Gasteiger partial charge in [-0.15, -0.1) is 0 Å². The van der Waals surface area contributed by atoms with Gasteiger partial charge in [0.2, 0.25) is 0 Å². The second-order valence-electron chi connectivity index (χ2n) is 4.62. The number of nitrogens with two attached hydrogens (primary N) is 1. The number of esters is 1. The molecule has 0 aliphatic carbocycles. The lowest BCUT2D eigenvalue weighted by Crippen LogP contribution is -2.44. The van der Waals surface area contributed by atoms with Gasteiger partial charge in [-0.05, 0) is 38.6 Å². The van der Waals surface area contributed by atoms with Crippen molar-refractivity contribution in [2.75, 3.05) is 13.7 Å². The molecule has 1 aliphatic rings. The molecule has 4 nitrogen and oxygen atoms in total. The van der Waals surface area contributed by atoms with Crippen LogP contribution in [0.3, 0.4) is 0 Å². The van der Waals surface area contributed by atoms with Gasteiger partial charge in [0, 0.05) is 0 Å². The van der Waals surface area contributed by atoms with Crippen molar-refractivity contribution in [1.29, 1.82) is 0 Å². The van der Waals surface area contributed by atoms with E-state index in [0.29, 0.717) is 13.0 Å². The molecule has 0 saturated carbocycles. The van der Waals surface area contributed by atoms with Gasteiger partial charge < -0.3 is 15.2 Å². The van der Waals surface area contributed by atoms with E-state index in [1.165, 1.54) is 7.11 Å². The maximum absolute atomic E-state index is 11.3. The molecule has 4 heteroatoms. The number of ether oxygens (including phenoxy) is 2. The third kappa shape index (κ3) is 3.18. The minimum atomic E-state index is -0.179. The predicted octanol–water partition coefficient (Wildman–Crippen LogP) is 1.08. The van der Waals surface area contributed by atoms with Crippen LogP contribution in [0.1, 0.15) is 33.1 Å². The molecular weight excluding hydrogens is 194 g/mol. The van der Waals surface area contributed by atoms with Crippen LogP contribution in [-0.4, -0.2) is 31.8 Å². The summed E-state index contributed by atoms with van der Waals surface area (Å²) in [6.07, 6.45) is 2.41. The Kier molecular flexibility index (Phi) is 4.11. The van der Waals surface area contributed by atoms with E-state index in [4.69, 9.17) is 15.2 Å². The quantitative estimate of drug-likeness (QED) is 0.716. The second-order valence-corrected chi connectivity index (χ2v) is 4.62. The zero-order chi connectivity index (χ0) is 11.5. The van der Waals surface area contributed by atoms with Gasteiger partial charge in [0.15, 0.2) is 0 Å². The van der Waals surface area contributed by atoms with Crippen molar-refractivity contribution in [3.8, 4) is 0 Å². The summed E-state index contributed by atoms with van der Waals surface area (Å²) in [5.74, 6) is -0.179. The molecule has 0 aromatic rings. The Morgan fingerprint density at radius 2 is 2.00 bits per heavy atom. The molecule has 1 saturated heterocycles. The Labute approximate surface area is 91.1 Å². The van der Waals surface area contributed by atoms with Crippen molar-refractivity contribution in [2.45, 2.75) is 45.3 Å². The van der Waals surface area contributed by atoms with Gasteiger partial charge in [-0.25, -0.2) is 0 Å². The van der Waals surface area contributed by atoms with Gasteiger partial charge >= 0.3 is 5.97 Å². The molecular formula is C11H21NO3. The molecule has 1 rings (SSSR count). The maximum atomic E-state index is 11.3. The van der Waals surface area contributed by atoms with E-state index in [9.17, 15) is 4.79 Å². The molecule has 1 heterocycles. The molecule has 0 aromatic heterocycles. The first-order valence-electron chi connectivity index (χ1n) is 5.44. The summed E-state index contributed by atoms with van der Waals surface area (Å²) in [7, 11) is 1.42. The Morgan fingerprint density at radius 1 is 1.47 bits per heavy atom. The highest BCUT2D eigenvalue weighted by molar-refractivity contribution is 5.70. The highest BCUT2D eigenvalue weighted by atomic mass is 16.5. The SMILES string of the molecule is COC(=O)CC1(CN)CC(C)OC(C)C1. The summed E-state index contributed by atoms with van der Waals surface area (Å²) in [4.78, 5) is 11.3. The summed E-state index contributed by atoms with van der Waals surface area (Å²) >= 11 is 0. The Balaban J connectivity index is 2.69. The summed E-state index contributed by atoms with van der Waals surface area (Å²) in [6.45, 7) is 4.56. The Morgan fingerprint density at radius 3 is 2.40 bits per heavy atom. The lowest BCUT2D eigenvalue weighted by molar-refractivity contribution is -0.148. The number of rotatable bonds is 3. The van der Waals surface area contributed by atoms with Crippen LogP contribution in [0.4, 0.5) is 0 Å². The predicted molar refractivity (Wildman–Crippen MR) is 57.4 cm³/mol. The van der Waals surface area contributed by atoms with Crippen molar-refractivity contribution < 1.29 is 14.3 Å². The number of hydrogen-bond donors (Lipinski definition) is 1. The fourth-order valence-corrected chi connectivity index (χ4v) is 2.56. The zero-order valence-corrected chi connectivity index (χ0v) is 9.79. The molecule has 0 amide bonds. The average Bonchev–Trinajstić information content (AvgIpc) is 2.16. The molecule has 1 fully saturated rings. The third-order valence-corrected chi connectivity index (χ3v) is 3.09. The number of carbonyl (C=O) groups excluding carboxylic acids is 1. The Bertz CT molecular complexity index is 220. The summed E-state index contributed by atoms with van der Waals surface area (Å²) < 4.78 is 10.4. The maximum Gasteiger partial charge on any atom is 0.306 e. The summed E-state index contributed by atoms with van der Waals surface area (Å²) in [5, 5.41) is 0. The summed E-state index contributed by atoms with van der Waals surface area (Å²) in [5.41, 5.74) is 5.67. The fourth-order valence-electron chi connectivity index (χ4n) is 2.56. The van der Waals surface area contributed by atoms with Gasteiger partial charge in [0.05, 0.1) is 25.7 Å². The average molecular weight is 215 g/mol. The van der Waals surface area contributed by atoms with Gasteiger partial charge in [0.1, 0.15) is 0 Å². The fraction of sp³-hybridized carbons (Fsp3) is 0.909. The van der Waals surface area contributed by atoms with Crippen LogP contribution in [0.2, 0.25) is 0 Å². The van der Waals surface area contributed by atoms with Crippen LogP contribution in [0.15, 0.2) is 0 Å². The van der Waals surface area contributed by atoms with Crippen molar-refractivity contribution >= 4 is 5.97 Å². The lowest BCUT2D eigenvalue weighted by Gasteiger charge is -2.41. The van der Waals surface area contributed by atoms with Gasteiger partial charge in [0.25, 0.3) is 0 Å². The minimum absolute atomic E-state index is 0.135. The molecule has 2 unspecified atom stereocenters. The molecule has 15 heavy (non-hydrogen) atoms. The number of hydrogen-bond acceptors (Lipinski definition) is 4. The smallest absolute Gasteiger partial charge is 0.306 e. The van der Waals surface area contributed by atoms with Gasteiger partial charge in [-0.1, -0.05) is 0 Å². The van der Waals surface area contributed by atoms with Crippen molar-refractivity contribution in [3.63, 3.8) is 0 Å². The van der Waals surface area contributed by atoms with Crippen molar-refractivity contribution in [2.24, 2.45) is 11.1 Å². The molecule has 1 aliphatic heterocycles. The highest BCUT2D eigenvalue weighted by Gasteiger charge is 2.39. The van der Waals surface area contributed by atoms with E-state index in [1.807, 2.05) is 13.8 Å². The first-order valence-corrected chi connectivity index (χ1v) is 5.44. The van der Waals surface area contributed by atoms with E-state index < -0.39 is 0 Å². The van der Waals surface area contributed by atoms with Crippen LogP contribution < -0.4 is 5.73 Å². The molecule has 0 bridgehead atoms. The molecule has 2 N–H and O–H groups in total.